The molecule has 0 spiro atoms. The van der Waals surface area contributed by atoms with Crippen LogP contribution in [0.4, 0.5) is 0 Å². The van der Waals surface area contributed by atoms with E-state index in [9.17, 15) is 8.42 Å². The fourth-order valence-corrected chi connectivity index (χ4v) is 4.34. The lowest BCUT2D eigenvalue weighted by atomic mass is 9.91. The highest BCUT2D eigenvalue weighted by atomic mass is 35.5. The Morgan fingerprint density at radius 2 is 1.42 bits per heavy atom. The van der Waals surface area contributed by atoms with Gasteiger partial charge < -0.3 is 0 Å². The van der Waals surface area contributed by atoms with Crippen LogP contribution in [0.2, 0.25) is 5.02 Å². The molecule has 0 amide bonds. The normalized spacial score (nSPS) is 12.9. The van der Waals surface area contributed by atoms with Gasteiger partial charge in [-0.05, 0) is 35.4 Å². The predicted molar refractivity (Wildman–Crippen MR) is 106 cm³/mol. The zero-order valence-electron chi connectivity index (χ0n) is 14.4. The Hall–Kier alpha value is -2.14. The Labute approximate surface area is 159 Å². The van der Waals surface area contributed by atoms with Crippen molar-refractivity contribution < 1.29 is 8.42 Å². The van der Waals surface area contributed by atoms with Gasteiger partial charge in [-0.2, -0.15) is 4.31 Å². The van der Waals surface area contributed by atoms with E-state index >= 15 is 0 Å². The van der Waals surface area contributed by atoms with Crippen molar-refractivity contribution in [3.05, 3.63) is 101 Å². The van der Waals surface area contributed by atoms with Crippen molar-refractivity contribution in [3.8, 4) is 0 Å². The minimum atomic E-state index is -3.56. The number of sulfonamides is 1. The second kappa shape index (κ2) is 8.04. The molecule has 0 radical (unpaired) electrons. The summed E-state index contributed by atoms with van der Waals surface area (Å²) in [5.74, 6) is -0.113. The van der Waals surface area contributed by atoms with Gasteiger partial charge in [-0.3, -0.25) is 0 Å². The van der Waals surface area contributed by atoms with Gasteiger partial charge in [-0.15, -0.1) is 0 Å². The van der Waals surface area contributed by atoms with E-state index in [1.807, 2.05) is 54.6 Å². The highest BCUT2D eigenvalue weighted by Crippen LogP contribution is 2.29. The van der Waals surface area contributed by atoms with Crippen LogP contribution >= 0.6 is 11.6 Å². The van der Waals surface area contributed by atoms with E-state index in [1.165, 1.54) is 4.31 Å². The number of nitrogens with zero attached hydrogens (tertiary/aromatic N) is 1. The molecule has 3 aromatic rings. The number of halogens is 1. The molecule has 0 N–H and O–H groups in total. The first-order chi connectivity index (χ1) is 12.5. The largest absolute Gasteiger partial charge is 0.242 e. The molecule has 5 heteroatoms. The predicted octanol–water partition coefficient (Wildman–Crippen LogP) is 4.79. The number of likely N-dealkylation sites (N-methyl/N-ethyl adjacent to an activating group) is 1. The summed E-state index contributed by atoms with van der Waals surface area (Å²) in [6.07, 6.45) is 0. The van der Waals surface area contributed by atoms with E-state index < -0.39 is 10.0 Å². The second-order valence-electron chi connectivity index (χ2n) is 6.12. The molecule has 0 aliphatic heterocycles. The van der Waals surface area contributed by atoms with Crippen LogP contribution < -0.4 is 0 Å². The monoisotopic (exact) mass is 385 g/mol. The molecular weight excluding hydrogens is 366 g/mol. The average Bonchev–Trinajstić information content (AvgIpc) is 2.67. The van der Waals surface area contributed by atoms with E-state index in [-0.39, 0.29) is 5.92 Å². The Balaban J connectivity index is 1.96. The van der Waals surface area contributed by atoms with E-state index in [4.69, 9.17) is 11.6 Å². The summed E-state index contributed by atoms with van der Waals surface area (Å²) in [5, 5.41) is 0.636. The van der Waals surface area contributed by atoms with Crippen molar-refractivity contribution in [2.24, 2.45) is 0 Å². The van der Waals surface area contributed by atoms with Crippen molar-refractivity contribution in [1.82, 2.24) is 4.31 Å². The quantitative estimate of drug-likeness (QED) is 0.611. The minimum Gasteiger partial charge on any atom is -0.207 e. The van der Waals surface area contributed by atoms with E-state index in [0.717, 1.165) is 11.1 Å². The second-order valence-corrected chi connectivity index (χ2v) is 8.60. The number of hydrogen-bond acceptors (Lipinski definition) is 2. The third-order valence-electron chi connectivity index (χ3n) is 4.34. The zero-order valence-corrected chi connectivity index (χ0v) is 16.0. The molecule has 0 saturated carbocycles. The van der Waals surface area contributed by atoms with Gasteiger partial charge in [0.2, 0.25) is 10.0 Å². The van der Waals surface area contributed by atoms with Gasteiger partial charge in [-0.25, -0.2) is 8.42 Å². The lowest BCUT2D eigenvalue weighted by Crippen LogP contribution is -2.31. The van der Waals surface area contributed by atoms with Crippen molar-refractivity contribution in [1.29, 1.82) is 0 Å². The SMILES string of the molecule is CN(C[C@@H](c1ccccc1)c1cccc(Cl)c1)S(=O)(=O)c1ccccc1. The lowest BCUT2D eigenvalue weighted by Gasteiger charge is -2.25. The molecular formula is C21H20ClNO2S. The third-order valence-corrected chi connectivity index (χ3v) is 6.42. The number of rotatable bonds is 6. The Kier molecular flexibility index (Phi) is 5.77. The molecule has 26 heavy (non-hydrogen) atoms. The van der Waals surface area contributed by atoms with Gasteiger partial charge in [0.15, 0.2) is 0 Å². The third kappa shape index (κ3) is 4.15. The van der Waals surface area contributed by atoms with Crippen molar-refractivity contribution in [3.63, 3.8) is 0 Å². The summed E-state index contributed by atoms with van der Waals surface area (Å²) in [6.45, 7) is 0.321. The highest BCUT2D eigenvalue weighted by Gasteiger charge is 2.25. The summed E-state index contributed by atoms with van der Waals surface area (Å²) in [5.41, 5.74) is 2.03. The first kappa shape index (κ1) is 18.6. The zero-order chi connectivity index (χ0) is 18.6. The van der Waals surface area contributed by atoms with Crippen LogP contribution in [0.25, 0.3) is 0 Å². The van der Waals surface area contributed by atoms with Crippen LogP contribution in [0.5, 0.6) is 0 Å². The molecule has 0 saturated heterocycles. The van der Waals surface area contributed by atoms with Crippen LogP contribution in [0, 0.1) is 0 Å². The van der Waals surface area contributed by atoms with E-state index in [2.05, 4.69) is 0 Å². The summed E-state index contributed by atoms with van der Waals surface area (Å²) >= 11 is 6.17. The van der Waals surface area contributed by atoms with Gasteiger partial charge in [0.1, 0.15) is 0 Å². The van der Waals surface area contributed by atoms with Crippen LogP contribution in [0.3, 0.4) is 0 Å². The average molecular weight is 386 g/mol. The maximum absolute atomic E-state index is 12.9. The molecule has 0 unspecified atom stereocenters. The summed E-state index contributed by atoms with van der Waals surface area (Å²) in [4.78, 5) is 0.292. The summed E-state index contributed by atoms with van der Waals surface area (Å²) in [6, 6.07) is 25.9. The van der Waals surface area contributed by atoms with E-state index in [1.54, 1.807) is 37.4 Å². The first-order valence-electron chi connectivity index (χ1n) is 8.30. The first-order valence-corrected chi connectivity index (χ1v) is 10.1. The van der Waals surface area contributed by atoms with Crippen LogP contribution in [-0.2, 0) is 10.0 Å². The highest BCUT2D eigenvalue weighted by molar-refractivity contribution is 7.89. The fraction of sp³-hybridized carbons (Fsp3) is 0.143. The minimum absolute atomic E-state index is 0.113. The topological polar surface area (TPSA) is 37.4 Å². The van der Waals surface area contributed by atoms with Crippen molar-refractivity contribution >= 4 is 21.6 Å². The molecule has 0 aliphatic rings. The van der Waals surface area contributed by atoms with Gasteiger partial charge in [0, 0.05) is 24.5 Å². The van der Waals surface area contributed by atoms with Crippen LogP contribution in [-0.4, -0.2) is 26.3 Å². The van der Waals surface area contributed by atoms with Gasteiger partial charge in [0.05, 0.1) is 4.90 Å². The smallest absolute Gasteiger partial charge is 0.207 e. The van der Waals surface area contributed by atoms with Gasteiger partial charge in [0.25, 0.3) is 0 Å². The maximum Gasteiger partial charge on any atom is 0.242 e. The summed E-state index contributed by atoms with van der Waals surface area (Å²) in [7, 11) is -1.95. The molecule has 3 aromatic carbocycles. The number of hydrogen-bond donors (Lipinski definition) is 0. The van der Waals surface area contributed by atoms with Gasteiger partial charge >= 0.3 is 0 Å². The number of benzene rings is 3. The van der Waals surface area contributed by atoms with Crippen LogP contribution in [0.1, 0.15) is 17.0 Å². The van der Waals surface area contributed by atoms with Crippen molar-refractivity contribution in [2.75, 3.05) is 13.6 Å². The molecule has 0 aromatic heterocycles. The molecule has 0 bridgehead atoms. The molecule has 0 aliphatic carbocycles. The van der Waals surface area contributed by atoms with E-state index in [0.29, 0.717) is 16.5 Å². The molecule has 0 fully saturated rings. The summed E-state index contributed by atoms with van der Waals surface area (Å²) < 4.78 is 27.2. The molecule has 0 heterocycles. The lowest BCUT2D eigenvalue weighted by molar-refractivity contribution is 0.454. The Bertz CT molecular complexity index is 960. The van der Waals surface area contributed by atoms with Crippen molar-refractivity contribution in [2.45, 2.75) is 10.8 Å². The standard InChI is InChI=1S/C21H20ClNO2S/c1-23(26(24,25)20-13-6-3-7-14-20)16-21(17-9-4-2-5-10-17)18-11-8-12-19(22)15-18/h2-15,21H,16H2,1H3/t21-/m0/s1. The fourth-order valence-electron chi connectivity index (χ4n) is 2.94. The maximum atomic E-state index is 12.9. The molecule has 1 atom stereocenters. The molecule has 3 nitrogen and oxygen atoms in total. The Morgan fingerprint density at radius 1 is 0.846 bits per heavy atom. The molecule has 134 valence electrons. The Morgan fingerprint density at radius 3 is 2.04 bits per heavy atom. The van der Waals surface area contributed by atoms with Crippen LogP contribution in [0.15, 0.2) is 89.8 Å². The van der Waals surface area contributed by atoms with Gasteiger partial charge in [-0.1, -0.05) is 72.3 Å². The molecule has 3 rings (SSSR count).